The molecule has 3 aromatic rings. The van der Waals surface area contributed by atoms with Crippen molar-refractivity contribution in [3.05, 3.63) is 28.5 Å². The van der Waals surface area contributed by atoms with Gasteiger partial charge in [-0.05, 0) is 6.42 Å². The number of aryl methyl sites for hydroxylation is 1. The van der Waals surface area contributed by atoms with Crippen LogP contribution in [0.3, 0.4) is 0 Å². The van der Waals surface area contributed by atoms with Gasteiger partial charge >= 0.3 is 0 Å². The Bertz CT molecular complexity index is 685. The summed E-state index contributed by atoms with van der Waals surface area (Å²) in [5.74, 6) is -0.121. The van der Waals surface area contributed by atoms with Crippen LogP contribution in [0.25, 0.3) is 4.96 Å². The van der Waals surface area contributed by atoms with Gasteiger partial charge in [0, 0.05) is 17.8 Å². The average molecular weight is 293 g/mol. The van der Waals surface area contributed by atoms with E-state index >= 15 is 0 Å². The van der Waals surface area contributed by atoms with E-state index in [-0.39, 0.29) is 12.3 Å². The fourth-order valence-corrected chi connectivity index (χ4v) is 3.05. The Labute approximate surface area is 117 Å². The molecule has 3 aromatic heterocycles. The summed E-state index contributed by atoms with van der Waals surface area (Å²) in [6.07, 6.45) is 4.86. The number of nitrogens with one attached hydrogen (secondary N) is 1. The second-order valence-corrected chi connectivity index (χ2v) is 5.84. The number of fused-ring (bicyclic) bond motifs is 1. The van der Waals surface area contributed by atoms with E-state index in [2.05, 4.69) is 20.5 Å². The molecule has 3 rings (SSSR count). The predicted molar refractivity (Wildman–Crippen MR) is 74.7 cm³/mol. The maximum Gasteiger partial charge on any atom is 0.232 e. The Balaban J connectivity index is 1.66. The van der Waals surface area contributed by atoms with Gasteiger partial charge in [-0.15, -0.1) is 21.5 Å². The minimum Gasteiger partial charge on any atom is -0.300 e. The van der Waals surface area contributed by atoms with Crippen LogP contribution in [0.2, 0.25) is 0 Å². The summed E-state index contributed by atoms with van der Waals surface area (Å²) in [6.45, 7) is 2.00. The topological polar surface area (TPSA) is 72.2 Å². The molecule has 0 aliphatic heterocycles. The van der Waals surface area contributed by atoms with Crippen molar-refractivity contribution < 1.29 is 4.79 Å². The van der Waals surface area contributed by atoms with Crippen molar-refractivity contribution in [2.45, 2.75) is 19.8 Å². The van der Waals surface area contributed by atoms with Gasteiger partial charge in [-0.25, -0.2) is 4.98 Å². The Morgan fingerprint density at radius 2 is 2.37 bits per heavy atom. The summed E-state index contributed by atoms with van der Waals surface area (Å²) < 4.78 is 1.91. The second kappa shape index (κ2) is 5.06. The Morgan fingerprint density at radius 1 is 1.47 bits per heavy atom. The summed E-state index contributed by atoms with van der Waals surface area (Å²) in [5.41, 5.74) is 0.754. The number of hydrogen-bond donors (Lipinski definition) is 1. The van der Waals surface area contributed by atoms with Crippen LogP contribution >= 0.6 is 22.7 Å². The molecular formula is C11H11N5OS2. The number of aromatic nitrogens is 4. The lowest BCUT2D eigenvalue weighted by Crippen LogP contribution is -2.14. The first kappa shape index (κ1) is 12.2. The van der Waals surface area contributed by atoms with Gasteiger partial charge in [0.25, 0.3) is 0 Å². The molecule has 0 saturated heterocycles. The van der Waals surface area contributed by atoms with Crippen LogP contribution in [0.5, 0.6) is 0 Å². The molecule has 0 aliphatic carbocycles. The van der Waals surface area contributed by atoms with E-state index < -0.39 is 0 Å². The van der Waals surface area contributed by atoms with Gasteiger partial charge in [0.15, 0.2) is 4.96 Å². The third-order valence-electron chi connectivity index (χ3n) is 2.50. The zero-order valence-electron chi connectivity index (χ0n) is 10.2. The van der Waals surface area contributed by atoms with E-state index in [1.165, 1.54) is 11.3 Å². The normalized spacial score (nSPS) is 11.0. The molecule has 0 bridgehead atoms. The van der Waals surface area contributed by atoms with Crippen LogP contribution in [0.4, 0.5) is 5.13 Å². The third kappa shape index (κ3) is 2.64. The van der Waals surface area contributed by atoms with E-state index in [1.54, 1.807) is 11.3 Å². The number of rotatable bonds is 4. The highest BCUT2D eigenvalue weighted by molar-refractivity contribution is 7.15. The van der Waals surface area contributed by atoms with Crippen LogP contribution in [0, 0.1) is 0 Å². The monoisotopic (exact) mass is 293 g/mol. The number of thiazole rings is 1. The summed E-state index contributed by atoms with van der Waals surface area (Å²) >= 11 is 2.95. The first-order valence-corrected chi connectivity index (χ1v) is 7.47. The third-order valence-corrected chi connectivity index (χ3v) is 4.25. The molecule has 1 amide bonds. The molecule has 3 heterocycles. The number of carbonyl (C=O) groups is 1. The number of amides is 1. The number of carbonyl (C=O) groups excluding carboxylic acids is 1. The minimum absolute atomic E-state index is 0.121. The van der Waals surface area contributed by atoms with Gasteiger partial charge in [0.05, 0.1) is 12.1 Å². The van der Waals surface area contributed by atoms with Gasteiger partial charge < -0.3 is 5.32 Å². The SMILES string of the molecule is CCc1nnc(NC(=O)Cc2cn3ccsc3n2)s1. The number of anilines is 1. The lowest BCUT2D eigenvalue weighted by Gasteiger charge is -1.97. The number of hydrogen-bond acceptors (Lipinski definition) is 6. The Morgan fingerprint density at radius 3 is 3.11 bits per heavy atom. The Hall–Kier alpha value is -1.80. The average Bonchev–Trinajstić information content (AvgIpc) is 3.03. The quantitative estimate of drug-likeness (QED) is 0.798. The van der Waals surface area contributed by atoms with E-state index in [9.17, 15) is 4.79 Å². The smallest absolute Gasteiger partial charge is 0.232 e. The molecule has 0 unspecified atom stereocenters. The molecule has 6 nitrogen and oxygen atoms in total. The van der Waals surface area contributed by atoms with Crippen molar-refractivity contribution in [1.82, 2.24) is 19.6 Å². The molecule has 0 radical (unpaired) electrons. The highest BCUT2D eigenvalue weighted by Crippen LogP contribution is 2.16. The van der Waals surface area contributed by atoms with Crippen LogP contribution in [0.1, 0.15) is 17.6 Å². The molecule has 0 saturated carbocycles. The van der Waals surface area contributed by atoms with E-state index in [0.29, 0.717) is 5.13 Å². The molecule has 0 atom stereocenters. The van der Waals surface area contributed by atoms with E-state index in [0.717, 1.165) is 22.1 Å². The molecule has 98 valence electrons. The van der Waals surface area contributed by atoms with Gasteiger partial charge in [-0.2, -0.15) is 0 Å². The highest BCUT2D eigenvalue weighted by Gasteiger charge is 2.11. The maximum absolute atomic E-state index is 11.9. The lowest BCUT2D eigenvalue weighted by molar-refractivity contribution is -0.115. The summed E-state index contributed by atoms with van der Waals surface area (Å²) in [5, 5.41) is 14.0. The molecule has 0 spiro atoms. The highest BCUT2D eigenvalue weighted by atomic mass is 32.1. The van der Waals surface area contributed by atoms with Gasteiger partial charge in [0.2, 0.25) is 11.0 Å². The predicted octanol–water partition coefficient (Wildman–Crippen LogP) is 1.99. The van der Waals surface area contributed by atoms with E-state index in [4.69, 9.17) is 0 Å². The Kier molecular flexibility index (Phi) is 3.26. The fraction of sp³-hybridized carbons (Fsp3) is 0.273. The van der Waals surface area contributed by atoms with Crippen molar-refractivity contribution in [3.8, 4) is 0 Å². The van der Waals surface area contributed by atoms with E-state index in [1.807, 2.05) is 29.1 Å². The molecule has 0 fully saturated rings. The van der Waals surface area contributed by atoms with Crippen molar-refractivity contribution in [2.75, 3.05) is 5.32 Å². The molecule has 19 heavy (non-hydrogen) atoms. The standard InChI is InChI=1S/C11H11N5OS2/c1-2-9-14-15-10(19-9)13-8(17)5-7-6-16-3-4-18-11(16)12-7/h3-4,6H,2,5H2,1H3,(H,13,15,17). The van der Waals surface area contributed by atoms with Crippen molar-refractivity contribution >= 4 is 38.7 Å². The maximum atomic E-state index is 11.9. The van der Waals surface area contributed by atoms with Gasteiger partial charge in [-0.3, -0.25) is 9.20 Å². The fourth-order valence-electron chi connectivity index (χ4n) is 1.64. The second-order valence-electron chi connectivity index (χ2n) is 3.90. The number of nitrogens with zero attached hydrogens (tertiary/aromatic N) is 4. The van der Waals surface area contributed by atoms with Crippen molar-refractivity contribution in [2.24, 2.45) is 0 Å². The molecule has 1 N–H and O–H groups in total. The zero-order valence-corrected chi connectivity index (χ0v) is 11.8. The van der Waals surface area contributed by atoms with Crippen LogP contribution < -0.4 is 5.32 Å². The van der Waals surface area contributed by atoms with Crippen molar-refractivity contribution in [3.63, 3.8) is 0 Å². The summed E-state index contributed by atoms with van der Waals surface area (Å²) in [4.78, 5) is 17.1. The lowest BCUT2D eigenvalue weighted by atomic mass is 10.3. The van der Waals surface area contributed by atoms with Gasteiger partial charge in [-0.1, -0.05) is 18.3 Å². The van der Waals surface area contributed by atoms with Crippen LogP contribution in [-0.4, -0.2) is 25.5 Å². The van der Waals surface area contributed by atoms with Crippen molar-refractivity contribution in [1.29, 1.82) is 0 Å². The number of imidazole rings is 1. The zero-order chi connectivity index (χ0) is 13.2. The van der Waals surface area contributed by atoms with Crippen LogP contribution in [0.15, 0.2) is 17.8 Å². The van der Waals surface area contributed by atoms with Crippen LogP contribution in [-0.2, 0) is 17.6 Å². The first-order valence-electron chi connectivity index (χ1n) is 5.78. The van der Waals surface area contributed by atoms with Gasteiger partial charge in [0.1, 0.15) is 5.01 Å². The minimum atomic E-state index is -0.121. The molecule has 8 heteroatoms. The largest absolute Gasteiger partial charge is 0.300 e. The molecular weight excluding hydrogens is 282 g/mol. The molecule has 0 aromatic carbocycles. The molecule has 0 aliphatic rings. The summed E-state index contributed by atoms with van der Waals surface area (Å²) in [6, 6.07) is 0. The summed E-state index contributed by atoms with van der Waals surface area (Å²) in [7, 11) is 0. The first-order chi connectivity index (χ1) is 9.24.